The second-order valence-electron chi connectivity index (χ2n) is 10.5. The van der Waals surface area contributed by atoms with Crippen LogP contribution in [-0.2, 0) is 16.0 Å². The summed E-state index contributed by atoms with van der Waals surface area (Å²) in [5.74, 6) is 0.280. The third-order valence-electron chi connectivity index (χ3n) is 7.42. The van der Waals surface area contributed by atoms with Gasteiger partial charge in [0.15, 0.2) is 0 Å². The van der Waals surface area contributed by atoms with E-state index in [-0.39, 0.29) is 36.3 Å². The predicted octanol–water partition coefficient (Wildman–Crippen LogP) is 4.56. The van der Waals surface area contributed by atoms with Crippen molar-refractivity contribution in [3.63, 3.8) is 0 Å². The highest BCUT2D eigenvalue weighted by atomic mass is 19.1. The van der Waals surface area contributed by atoms with Crippen molar-refractivity contribution >= 4 is 5.91 Å². The number of carbonyl (C=O) groups excluding carboxylic acids is 1. The number of rotatable bonds is 9. The van der Waals surface area contributed by atoms with E-state index >= 15 is 0 Å². The third-order valence-corrected chi connectivity index (χ3v) is 7.42. The van der Waals surface area contributed by atoms with Crippen molar-refractivity contribution in [2.75, 3.05) is 13.7 Å². The average molecular weight is 543 g/mol. The van der Waals surface area contributed by atoms with E-state index in [4.69, 9.17) is 9.84 Å². The molecule has 1 saturated heterocycles. The van der Waals surface area contributed by atoms with Crippen LogP contribution in [0.2, 0.25) is 0 Å². The lowest BCUT2D eigenvalue weighted by atomic mass is 9.98. The smallest absolute Gasteiger partial charge is 0.226 e. The maximum atomic E-state index is 14.3. The zero-order chi connectivity index (χ0) is 28.2. The van der Waals surface area contributed by atoms with Crippen molar-refractivity contribution in [1.29, 1.82) is 0 Å². The second kappa shape index (κ2) is 12.1. The first-order valence-corrected chi connectivity index (χ1v) is 13.6. The van der Waals surface area contributed by atoms with Gasteiger partial charge in [0.2, 0.25) is 5.91 Å². The summed E-state index contributed by atoms with van der Waals surface area (Å²) in [5.41, 5.74) is 5.75. The zero-order valence-corrected chi connectivity index (χ0v) is 23.3. The van der Waals surface area contributed by atoms with E-state index in [9.17, 15) is 9.18 Å². The second-order valence-corrected chi connectivity index (χ2v) is 10.5. The summed E-state index contributed by atoms with van der Waals surface area (Å²) >= 11 is 0. The Labute approximate surface area is 234 Å². The minimum Gasteiger partial charge on any atom is -0.385 e. The Bertz CT molecular complexity index is 1450. The van der Waals surface area contributed by atoms with Crippen molar-refractivity contribution < 1.29 is 13.9 Å². The highest BCUT2D eigenvalue weighted by Crippen LogP contribution is 2.31. The summed E-state index contributed by atoms with van der Waals surface area (Å²) in [4.78, 5) is 22.3. The topological polar surface area (TPSA) is 94.0 Å². The molecule has 5 rings (SSSR count). The predicted molar refractivity (Wildman–Crippen MR) is 152 cm³/mol. The van der Waals surface area contributed by atoms with Crippen LogP contribution in [0.3, 0.4) is 0 Å². The monoisotopic (exact) mass is 542 g/mol. The molecule has 1 amide bonds. The molecule has 40 heavy (non-hydrogen) atoms. The molecule has 0 saturated carbocycles. The fourth-order valence-electron chi connectivity index (χ4n) is 5.48. The van der Waals surface area contributed by atoms with Gasteiger partial charge in [0.05, 0.1) is 29.5 Å². The molecule has 2 aromatic carbocycles. The number of carbonyl (C=O) groups is 1. The van der Waals surface area contributed by atoms with E-state index < -0.39 is 0 Å². The van der Waals surface area contributed by atoms with Gasteiger partial charge >= 0.3 is 0 Å². The molecular formula is C31H35FN6O2. The number of nitrogens with zero attached hydrogens (tertiary/aromatic N) is 4. The van der Waals surface area contributed by atoms with E-state index in [0.717, 1.165) is 52.2 Å². The highest BCUT2D eigenvalue weighted by molar-refractivity contribution is 5.80. The Morgan fingerprint density at radius 3 is 2.58 bits per heavy atom. The molecule has 1 aliphatic rings. The zero-order valence-electron chi connectivity index (χ0n) is 23.3. The lowest BCUT2D eigenvalue weighted by molar-refractivity contribution is -0.121. The van der Waals surface area contributed by atoms with Gasteiger partial charge in [-0.25, -0.2) is 19.0 Å². The number of ether oxygens (including phenoxy) is 1. The Morgan fingerprint density at radius 1 is 1.12 bits per heavy atom. The molecule has 0 unspecified atom stereocenters. The van der Waals surface area contributed by atoms with Gasteiger partial charge in [0.25, 0.3) is 0 Å². The van der Waals surface area contributed by atoms with Crippen LogP contribution in [0.25, 0.3) is 16.9 Å². The Hall–Kier alpha value is -3.95. The van der Waals surface area contributed by atoms with E-state index in [1.807, 2.05) is 61.9 Å². The summed E-state index contributed by atoms with van der Waals surface area (Å²) in [5, 5.41) is 11.7. The summed E-state index contributed by atoms with van der Waals surface area (Å²) in [7, 11) is 1.68. The van der Waals surface area contributed by atoms with Crippen LogP contribution in [0.5, 0.6) is 0 Å². The van der Waals surface area contributed by atoms with Crippen LogP contribution in [0.1, 0.15) is 47.1 Å². The molecule has 4 aromatic rings. The van der Waals surface area contributed by atoms with E-state index in [2.05, 4.69) is 20.6 Å². The first-order chi connectivity index (χ1) is 19.3. The van der Waals surface area contributed by atoms with Crippen LogP contribution in [0.4, 0.5) is 4.39 Å². The molecule has 1 aliphatic heterocycles. The maximum absolute atomic E-state index is 14.3. The SMILES string of the molecule is COCC[C@@H]1C[C@@H](NC(=O)Cc2c(C)c(-c3cnc(C)nc3)nn2-c2ccccc2)[C@H](c2cc(C)cc(F)c2)N1. The van der Waals surface area contributed by atoms with Crippen molar-refractivity contribution in [3.8, 4) is 16.9 Å². The fourth-order valence-corrected chi connectivity index (χ4v) is 5.48. The van der Waals surface area contributed by atoms with Gasteiger partial charge in [-0.15, -0.1) is 0 Å². The molecule has 0 radical (unpaired) electrons. The molecule has 2 N–H and O–H groups in total. The molecular weight excluding hydrogens is 507 g/mol. The molecule has 208 valence electrons. The minimum absolute atomic E-state index is 0.121. The van der Waals surface area contributed by atoms with Gasteiger partial charge in [-0.3, -0.25) is 4.79 Å². The lowest BCUT2D eigenvalue weighted by Crippen LogP contribution is -2.39. The molecule has 2 aromatic heterocycles. The lowest BCUT2D eigenvalue weighted by Gasteiger charge is -2.22. The normalized spacial score (nSPS) is 18.7. The number of nitrogens with one attached hydrogen (secondary N) is 2. The minimum atomic E-state index is -0.280. The van der Waals surface area contributed by atoms with Gasteiger partial charge in [0.1, 0.15) is 11.6 Å². The molecule has 0 bridgehead atoms. The number of methoxy groups -OCH3 is 1. The van der Waals surface area contributed by atoms with E-state index in [1.54, 1.807) is 25.6 Å². The molecule has 9 heteroatoms. The number of amides is 1. The molecule has 0 spiro atoms. The number of para-hydroxylation sites is 1. The van der Waals surface area contributed by atoms with Gasteiger partial charge < -0.3 is 15.4 Å². The van der Waals surface area contributed by atoms with Crippen LogP contribution >= 0.6 is 0 Å². The molecule has 1 fully saturated rings. The molecule has 8 nitrogen and oxygen atoms in total. The van der Waals surface area contributed by atoms with E-state index in [1.165, 1.54) is 6.07 Å². The molecule has 3 heterocycles. The first-order valence-electron chi connectivity index (χ1n) is 13.6. The average Bonchev–Trinajstić information content (AvgIpc) is 3.48. The Morgan fingerprint density at radius 2 is 1.88 bits per heavy atom. The van der Waals surface area contributed by atoms with Crippen LogP contribution in [-0.4, -0.2) is 51.5 Å². The van der Waals surface area contributed by atoms with Crippen molar-refractivity contribution in [2.24, 2.45) is 0 Å². The number of hydrogen-bond acceptors (Lipinski definition) is 6. The Kier molecular flexibility index (Phi) is 8.32. The summed E-state index contributed by atoms with van der Waals surface area (Å²) in [6, 6.07) is 14.5. The molecule has 3 atom stereocenters. The first kappa shape index (κ1) is 27.6. The van der Waals surface area contributed by atoms with Crippen LogP contribution in [0, 0.1) is 26.6 Å². The van der Waals surface area contributed by atoms with Gasteiger partial charge in [-0.1, -0.05) is 24.3 Å². The number of aromatic nitrogens is 4. The Balaban J connectivity index is 1.43. The standard InChI is InChI=1S/C31H35FN6O2/c1-19-12-22(14-24(32)13-19)31-27(15-25(35-31)10-11-40-4)36-29(39)16-28-20(2)30(23-17-33-21(3)34-18-23)37-38(28)26-8-6-5-7-9-26/h5-9,12-14,17-18,25,27,31,35H,10-11,15-16H2,1-4H3,(H,36,39)/t25-,27-,31+/m1/s1. The van der Waals surface area contributed by atoms with Crippen molar-refractivity contribution in [2.45, 2.75) is 58.2 Å². The van der Waals surface area contributed by atoms with Gasteiger partial charge in [-0.05, 0) is 74.6 Å². The third kappa shape index (κ3) is 6.11. The summed E-state index contributed by atoms with van der Waals surface area (Å²) in [6.07, 6.45) is 5.17. The number of aryl methyl sites for hydroxylation is 2. The van der Waals surface area contributed by atoms with Crippen molar-refractivity contribution in [3.05, 3.63) is 95.0 Å². The van der Waals surface area contributed by atoms with Gasteiger partial charge in [-0.2, -0.15) is 5.10 Å². The summed E-state index contributed by atoms with van der Waals surface area (Å²) in [6.45, 7) is 6.29. The van der Waals surface area contributed by atoms with E-state index in [0.29, 0.717) is 12.4 Å². The fraction of sp³-hybridized carbons (Fsp3) is 0.355. The largest absolute Gasteiger partial charge is 0.385 e. The number of hydrogen-bond donors (Lipinski definition) is 2. The van der Waals surface area contributed by atoms with Gasteiger partial charge in [0, 0.05) is 43.8 Å². The molecule has 0 aliphatic carbocycles. The summed E-state index contributed by atoms with van der Waals surface area (Å²) < 4.78 is 21.4. The van der Waals surface area contributed by atoms with Crippen LogP contribution in [0.15, 0.2) is 60.9 Å². The maximum Gasteiger partial charge on any atom is 0.226 e. The highest BCUT2D eigenvalue weighted by Gasteiger charge is 2.36. The quantitative estimate of drug-likeness (QED) is 0.322. The number of benzene rings is 2. The van der Waals surface area contributed by atoms with Crippen molar-refractivity contribution in [1.82, 2.24) is 30.4 Å². The van der Waals surface area contributed by atoms with Crippen LogP contribution < -0.4 is 10.6 Å². The number of halogens is 1.